The van der Waals surface area contributed by atoms with Crippen molar-refractivity contribution in [3.05, 3.63) is 0 Å². The number of hydrogen-bond donors (Lipinski definition) is 1. The summed E-state index contributed by atoms with van der Waals surface area (Å²) in [5.41, 5.74) is 6.61. The summed E-state index contributed by atoms with van der Waals surface area (Å²) in [6.45, 7) is 16.5. The van der Waals surface area contributed by atoms with Gasteiger partial charge in [0.25, 0.3) is 0 Å². The van der Waals surface area contributed by atoms with Gasteiger partial charge in [-0.1, -0.05) is 60.8 Å². The Morgan fingerprint density at radius 3 is 1.79 bits per heavy atom. The standard InChI is InChI=1S/C18H39N/c1-8-10-15(5)16(6)12-18(11-9-2,14(3)4)13-17(7)19/h14-17H,8-13,19H2,1-7H3. The summed E-state index contributed by atoms with van der Waals surface area (Å²) in [5, 5.41) is 0. The van der Waals surface area contributed by atoms with Gasteiger partial charge in [-0.2, -0.15) is 0 Å². The van der Waals surface area contributed by atoms with Gasteiger partial charge in [0.05, 0.1) is 0 Å². The fourth-order valence-corrected chi connectivity index (χ4v) is 3.77. The Morgan fingerprint density at radius 2 is 1.42 bits per heavy atom. The molecule has 0 heterocycles. The monoisotopic (exact) mass is 269 g/mol. The Labute approximate surface area is 122 Å². The van der Waals surface area contributed by atoms with Crippen LogP contribution in [0.15, 0.2) is 0 Å². The first-order chi connectivity index (χ1) is 8.79. The summed E-state index contributed by atoms with van der Waals surface area (Å²) < 4.78 is 0. The highest BCUT2D eigenvalue weighted by Gasteiger charge is 2.35. The zero-order chi connectivity index (χ0) is 15.1. The highest BCUT2D eigenvalue weighted by molar-refractivity contribution is 4.87. The molecule has 0 saturated carbocycles. The van der Waals surface area contributed by atoms with Crippen molar-refractivity contribution < 1.29 is 0 Å². The van der Waals surface area contributed by atoms with Gasteiger partial charge in [-0.3, -0.25) is 0 Å². The van der Waals surface area contributed by atoms with Crippen molar-refractivity contribution in [3.63, 3.8) is 0 Å². The molecule has 0 spiro atoms. The molecular weight excluding hydrogens is 230 g/mol. The second-order valence-corrected chi connectivity index (χ2v) is 7.40. The van der Waals surface area contributed by atoms with E-state index in [9.17, 15) is 0 Å². The average molecular weight is 270 g/mol. The van der Waals surface area contributed by atoms with Crippen molar-refractivity contribution in [2.75, 3.05) is 0 Å². The molecule has 1 heteroatoms. The Bertz CT molecular complexity index is 222. The topological polar surface area (TPSA) is 26.0 Å². The van der Waals surface area contributed by atoms with E-state index in [1.54, 1.807) is 0 Å². The molecule has 4 atom stereocenters. The smallest absolute Gasteiger partial charge is 0.00158 e. The third-order valence-corrected chi connectivity index (χ3v) is 5.15. The van der Waals surface area contributed by atoms with E-state index in [4.69, 9.17) is 5.73 Å². The second-order valence-electron chi connectivity index (χ2n) is 7.40. The molecule has 4 unspecified atom stereocenters. The van der Waals surface area contributed by atoms with Gasteiger partial charge in [-0.15, -0.1) is 0 Å². The Hall–Kier alpha value is -0.0400. The number of hydrogen-bond acceptors (Lipinski definition) is 1. The molecule has 19 heavy (non-hydrogen) atoms. The van der Waals surface area contributed by atoms with E-state index in [2.05, 4.69) is 48.5 Å². The van der Waals surface area contributed by atoms with E-state index in [0.29, 0.717) is 11.5 Å². The highest BCUT2D eigenvalue weighted by Crippen LogP contribution is 2.44. The van der Waals surface area contributed by atoms with E-state index in [0.717, 1.165) is 17.8 Å². The van der Waals surface area contributed by atoms with Gasteiger partial charge in [0.2, 0.25) is 0 Å². The van der Waals surface area contributed by atoms with Crippen LogP contribution in [0.25, 0.3) is 0 Å². The quantitative estimate of drug-likeness (QED) is 0.546. The largest absolute Gasteiger partial charge is 0.328 e. The molecule has 0 aromatic carbocycles. The molecule has 0 aliphatic carbocycles. The van der Waals surface area contributed by atoms with Crippen molar-refractivity contribution >= 4 is 0 Å². The normalized spacial score (nSPS) is 20.1. The van der Waals surface area contributed by atoms with Crippen LogP contribution in [0.4, 0.5) is 0 Å². The number of nitrogens with two attached hydrogens (primary N) is 1. The van der Waals surface area contributed by atoms with Crippen LogP contribution < -0.4 is 5.73 Å². The first kappa shape index (κ1) is 19.0. The fourth-order valence-electron chi connectivity index (χ4n) is 3.77. The summed E-state index contributed by atoms with van der Waals surface area (Å²) in [6, 6.07) is 0.322. The van der Waals surface area contributed by atoms with Crippen molar-refractivity contribution in [1.29, 1.82) is 0 Å². The summed E-state index contributed by atoms with van der Waals surface area (Å²) in [6.07, 6.45) is 7.80. The van der Waals surface area contributed by atoms with Gasteiger partial charge in [0.1, 0.15) is 0 Å². The lowest BCUT2D eigenvalue weighted by Gasteiger charge is -2.42. The molecule has 0 aromatic heterocycles. The minimum absolute atomic E-state index is 0.322. The van der Waals surface area contributed by atoms with Crippen molar-refractivity contribution in [2.45, 2.75) is 93.0 Å². The summed E-state index contributed by atoms with van der Waals surface area (Å²) in [4.78, 5) is 0. The van der Waals surface area contributed by atoms with Crippen LogP contribution >= 0.6 is 0 Å². The van der Waals surface area contributed by atoms with E-state index in [-0.39, 0.29) is 0 Å². The molecule has 0 aromatic rings. The minimum Gasteiger partial charge on any atom is -0.328 e. The van der Waals surface area contributed by atoms with Gasteiger partial charge in [0.15, 0.2) is 0 Å². The van der Waals surface area contributed by atoms with Crippen LogP contribution in [0.1, 0.15) is 87.0 Å². The van der Waals surface area contributed by atoms with Crippen molar-refractivity contribution in [1.82, 2.24) is 0 Å². The van der Waals surface area contributed by atoms with Gasteiger partial charge in [-0.05, 0) is 49.4 Å². The van der Waals surface area contributed by atoms with E-state index in [1.165, 1.54) is 38.5 Å². The first-order valence-corrected chi connectivity index (χ1v) is 8.54. The van der Waals surface area contributed by atoms with E-state index < -0.39 is 0 Å². The van der Waals surface area contributed by atoms with Gasteiger partial charge in [-0.25, -0.2) is 0 Å². The van der Waals surface area contributed by atoms with Crippen LogP contribution in [0.2, 0.25) is 0 Å². The lowest BCUT2D eigenvalue weighted by atomic mass is 9.64. The van der Waals surface area contributed by atoms with Gasteiger partial charge < -0.3 is 5.73 Å². The third-order valence-electron chi connectivity index (χ3n) is 5.15. The molecule has 0 aliphatic rings. The van der Waals surface area contributed by atoms with Gasteiger partial charge in [0, 0.05) is 6.04 Å². The Morgan fingerprint density at radius 1 is 0.842 bits per heavy atom. The highest BCUT2D eigenvalue weighted by atomic mass is 14.6. The van der Waals surface area contributed by atoms with E-state index >= 15 is 0 Å². The predicted molar refractivity (Wildman–Crippen MR) is 88.3 cm³/mol. The van der Waals surface area contributed by atoms with Crippen LogP contribution in [0.5, 0.6) is 0 Å². The zero-order valence-corrected chi connectivity index (χ0v) is 14.6. The summed E-state index contributed by atoms with van der Waals surface area (Å²) >= 11 is 0. The van der Waals surface area contributed by atoms with Crippen LogP contribution in [-0.2, 0) is 0 Å². The zero-order valence-electron chi connectivity index (χ0n) is 14.6. The van der Waals surface area contributed by atoms with Crippen molar-refractivity contribution in [2.24, 2.45) is 28.9 Å². The molecule has 2 N–H and O–H groups in total. The maximum atomic E-state index is 6.16. The van der Waals surface area contributed by atoms with Gasteiger partial charge >= 0.3 is 0 Å². The number of rotatable bonds is 10. The molecule has 0 saturated heterocycles. The molecular formula is C18H39N. The molecule has 0 amide bonds. The lowest BCUT2D eigenvalue weighted by molar-refractivity contribution is 0.0883. The predicted octanol–water partition coefficient (Wildman–Crippen LogP) is 5.63. The Balaban J connectivity index is 4.90. The minimum atomic E-state index is 0.322. The van der Waals surface area contributed by atoms with Crippen LogP contribution in [0.3, 0.4) is 0 Å². The molecule has 0 aliphatic heterocycles. The molecule has 0 radical (unpaired) electrons. The molecule has 1 nitrogen and oxygen atoms in total. The maximum Gasteiger partial charge on any atom is 0.00158 e. The van der Waals surface area contributed by atoms with E-state index in [1.807, 2.05) is 0 Å². The molecule has 0 fully saturated rings. The molecule has 0 rings (SSSR count). The third kappa shape index (κ3) is 6.29. The Kier molecular flexibility index (Phi) is 8.98. The maximum absolute atomic E-state index is 6.16. The second kappa shape index (κ2) is 9.00. The summed E-state index contributed by atoms with van der Waals surface area (Å²) in [7, 11) is 0. The van der Waals surface area contributed by atoms with Crippen molar-refractivity contribution in [3.8, 4) is 0 Å². The SMILES string of the molecule is CCCC(C)C(C)CC(CCC)(CC(C)N)C(C)C. The lowest BCUT2D eigenvalue weighted by Crippen LogP contribution is -2.36. The average Bonchev–Trinajstić information content (AvgIpc) is 2.28. The van der Waals surface area contributed by atoms with Crippen LogP contribution in [-0.4, -0.2) is 6.04 Å². The molecule has 0 bridgehead atoms. The fraction of sp³-hybridized carbons (Fsp3) is 1.00. The first-order valence-electron chi connectivity index (χ1n) is 8.54. The molecule has 116 valence electrons. The summed E-state index contributed by atoms with van der Waals surface area (Å²) in [5.74, 6) is 2.38. The van der Waals surface area contributed by atoms with Crippen LogP contribution in [0, 0.1) is 23.2 Å².